The number of fused-ring (bicyclic) bond motifs is 1. The number of ether oxygens (including phenoxy) is 1. The first-order chi connectivity index (χ1) is 9.78. The summed E-state index contributed by atoms with van der Waals surface area (Å²) in [6, 6.07) is 11.5. The Labute approximate surface area is 120 Å². The van der Waals surface area contributed by atoms with E-state index in [0.29, 0.717) is 13.2 Å². The molecule has 0 aliphatic rings. The summed E-state index contributed by atoms with van der Waals surface area (Å²) in [6.45, 7) is 3.06. The van der Waals surface area contributed by atoms with Crippen LogP contribution in [0.1, 0.15) is 12.6 Å². The van der Waals surface area contributed by atoms with Crippen LogP contribution in [0.4, 0.5) is 0 Å². The van der Waals surface area contributed by atoms with Gasteiger partial charge in [-0.15, -0.1) is 0 Å². The van der Waals surface area contributed by atoms with Gasteiger partial charge in [-0.25, -0.2) is 0 Å². The maximum Gasteiger partial charge on any atom is 0.308 e. The van der Waals surface area contributed by atoms with E-state index in [-0.39, 0.29) is 4.87 Å². The summed E-state index contributed by atoms with van der Waals surface area (Å²) in [5, 5.41) is 0. The van der Waals surface area contributed by atoms with E-state index >= 15 is 0 Å². The van der Waals surface area contributed by atoms with E-state index in [1.165, 1.54) is 11.3 Å². The van der Waals surface area contributed by atoms with Crippen molar-refractivity contribution in [2.24, 2.45) is 0 Å². The summed E-state index contributed by atoms with van der Waals surface area (Å²) in [5.74, 6) is 0.797. The number of aromatic nitrogens is 2. The molecule has 2 aromatic heterocycles. The molecule has 4 nitrogen and oxygen atoms in total. The van der Waals surface area contributed by atoms with Gasteiger partial charge in [0.1, 0.15) is 5.75 Å². The maximum atomic E-state index is 12.1. The zero-order valence-corrected chi connectivity index (χ0v) is 11.9. The Kier molecular flexibility index (Phi) is 3.52. The Bertz CT molecular complexity index is 777. The summed E-state index contributed by atoms with van der Waals surface area (Å²) in [4.78, 5) is 16.4. The lowest BCUT2D eigenvalue weighted by Crippen LogP contribution is -2.14. The second kappa shape index (κ2) is 5.46. The predicted molar refractivity (Wildman–Crippen MR) is 80.6 cm³/mol. The normalized spacial score (nSPS) is 10.8. The van der Waals surface area contributed by atoms with Gasteiger partial charge < -0.3 is 4.74 Å². The molecule has 0 saturated carbocycles. The lowest BCUT2D eigenvalue weighted by molar-refractivity contribution is 0.341. The molecule has 102 valence electrons. The number of thiazole rings is 1. The second-order valence-electron chi connectivity index (χ2n) is 4.34. The fourth-order valence-electron chi connectivity index (χ4n) is 2.11. The van der Waals surface area contributed by atoms with Crippen LogP contribution in [0.15, 0.2) is 47.4 Å². The molecule has 0 aliphatic carbocycles. The summed E-state index contributed by atoms with van der Waals surface area (Å²) in [6.07, 6.45) is 1.74. The van der Waals surface area contributed by atoms with Crippen molar-refractivity contribution in [1.29, 1.82) is 0 Å². The first-order valence-electron chi connectivity index (χ1n) is 6.44. The predicted octanol–water partition coefficient (Wildman–Crippen LogP) is 2.91. The molecule has 0 atom stereocenters. The first kappa shape index (κ1) is 12.9. The highest BCUT2D eigenvalue weighted by molar-refractivity contribution is 7.16. The highest BCUT2D eigenvalue weighted by atomic mass is 32.1. The largest absolute Gasteiger partial charge is 0.494 e. The van der Waals surface area contributed by atoms with Crippen molar-refractivity contribution in [2.75, 3.05) is 6.61 Å². The molecule has 5 heteroatoms. The number of pyridine rings is 1. The average Bonchev–Trinajstić information content (AvgIpc) is 2.76. The zero-order valence-electron chi connectivity index (χ0n) is 11.1. The van der Waals surface area contributed by atoms with Crippen molar-refractivity contribution in [3.05, 3.63) is 58.0 Å². The van der Waals surface area contributed by atoms with Crippen LogP contribution < -0.4 is 9.61 Å². The number of hydrogen-bond donors (Lipinski definition) is 0. The molecule has 0 radical (unpaired) electrons. The van der Waals surface area contributed by atoms with Crippen LogP contribution in [0.3, 0.4) is 0 Å². The minimum atomic E-state index is 0.0271. The number of benzene rings is 1. The monoisotopic (exact) mass is 286 g/mol. The molecule has 0 unspecified atom stereocenters. The van der Waals surface area contributed by atoms with Crippen LogP contribution in [0.5, 0.6) is 5.75 Å². The van der Waals surface area contributed by atoms with Gasteiger partial charge in [-0.1, -0.05) is 17.4 Å². The Balaban J connectivity index is 2.03. The molecule has 1 aromatic carbocycles. The molecule has 2 heterocycles. The van der Waals surface area contributed by atoms with Crippen LogP contribution in [-0.2, 0) is 6.54 Å². The van der Waals surface area contributed by atoms with Crippen molar-refractivity contribution in [1.82, 2.24) is 9.55 Å². The second-order valence-corrected chi connectivity index (χ2v) is 5.33. The first-order valence-corrected chi connectivity index (χ1v) is 7.25. The Morgan fingerprint density at radius 2 is 2.20 bits per heavy atom. The minimum Gasteiger partial charge on any atom is -0.494 e. The minimum absolute atomic E-state index is 0.0271. The van der Waals surface area contributed by atoms with Gasteiger partial charge in [0.15, 0.2) is 0 Å². The van der Waals surface area contributed by atoms with Gasteiger partial charge in [-0.2, -0.15) is 0 Å². The summed E-state index contributed by atoms with van der Waals surface area (Å²) in [5.41, 5.74) is 1.80. The number of nitrogens with zero attached hydrogens (tertiary/aromatic N) is 2. The number of hydrogen-bond acceptors (Lipinski definition) is 4. The average molecular weight is 286 g/mol. The zero-order chi connectivity index (χ0) is 13.9. The van der Waals surface area contributed by atoms with Crippen molar-refractivity contribution in [3.63, 3.8) is 0 Å². The third-order valence-corrected chi connectivity index (χ3v) is 3.94. The van der Waals surface area contributed by atoms with E-state index in [4.69, 9.17) is 4.74 Å². The smallest absolute Gasteiger partial charge is 0.308 e. The molecular formula is C15H14N2O2S. The molecule has 3 rings (SSSR count). The summed E-state index contributed by atoms with van der Waals surface area (Å²) >= 11 is 1.24. The van der Waals surface area contributed by atoms with Crippen LogP contribution in [0.25, 0.3) is 10.2 Å². The SMILES string of the molecule is CCOc1ccc2c(c1)sc(=O)n2Cc1ccccn1. The standard InChI is InChI=1S/C15H14N2O2S/c1-2-19-12-6-7-13-14(9-12)20-15(18)17(13)10-11-5-3-4-8-16-11/h3-9H,2,10H2,1H3. The van der Waals surface area contributed by atoms with E-state index < -0.39 is 0 Å². The maximum absolute atomic E-state index is 12.1. The molecule has 0 aliphatic heterocycles. The lowest BCUT2D eigenvalue weighted by atomic mass is 10.3. The van der Waals surface area contributed by atoms with Crippen molar-refractivity contribution in [2.45, 2.75) is 13.5 Å². The molecule has 0 spiro atoms. The van der Waals surface area contributed by atoms with Crippen LogP contribution in [0, 0.1) is 0 Å². The third kappa shape index (κ3) is 2.44. The Hall–Kier alpha value is -2.14. The molecule has 0 saturated heterocycles. The molecule has 0 fully saturated rings. The van der Waals surface area contributed by atoms with Gasteiger partial charge in [0.2, 0.25) is 0 Å². The van der Waals surface area contributed by atoms with Crippen molar-refractivity contribution < 1.29 is 4.74 Å². The van der Waals surface area contributed by atoms with E-state index in [9.17, 15) is 4.79 Å². The highest BCUT2D eigenvalue weighted by Crippen LogP contribution is 2.23. The van der Waals surface area contributed by atoms with Crippen LogP contribution in [0.2, 0.25) is 0 Å². The van der Waals surface area contributed by atoms with Gasteiger partial charge in [0, 0.05) is 6.20 Å². The number of rotatable bonds is 4. The van der Waals surface area contributed by atoms with E-state index in [2.05, 4.69) is 4.98 Å². The Morgan fingerprint density at radius 3 is 2.95 bits per heavy atom. The van der Waals surface area contributed by atoms with Crippen molar-refractivity contribution in [3.8, 4) is 5.75 Å². The van der Waals surface area contributed by atoms with Gasteiger partial charge >= 0.3 is 4.87 Å². The van der Waals surface area contributed by atoms with E-state index in [1.54, 1.807) is 10.8 Å². The van der Waals surface area contributed by atoms with Gasteiger partial charge in [0.25, 0.3) is 0 Å². The van der Waals surface area contributed by atoms with Crippen LogP contribution >= 0.6 is 11.3 Å². The molecule has 3 aromatic rings. The van der Waals surface area contributed by atoms with Gasteiger partial charge in [0.05, 0.1) is 29.1 Å². The summed E-state index contributed by atoms with van der Waals surface area (Å²) in [7, 11) is 0. The van der Waals surface area contributed by atoms with E-state index in [0.717, 1.165) is 21.7 Å². The van der Waals surface area contributed by atoms with Crippen molar-refractivity contribution >= 4 is 21.6 Å². The highest BCUT2D eigenvalue weighted by Gasteiger charge is 2.09. The summed E-state index contributed by atoms with van der Waals surface area (Å²) < 4.78 is 8.15. The lowest BCUT2D eigenvalue weighted by Gasteiger charge is -2.05. The molecular weight excluding hydrogens is 272 g/mol. The fraction of sp³-hybridized carbons (Fsp3) is 0.200. The quantitative estimate of drug-likeness (QED) is 0.740. The van der Waals surface area contributed by atoms with Gasteiger partial charge in [-0.3, -0.25) is 14.3 Å². The Morgan fingerprint density at radius 1 is 1.30 bits per heavy atom. The fourth-order valence-corrected chi connectivity index (χ4v) is 3.03. The topological polar surface area (TPSA) is 44.1 Å². The molecule has 0 N–H and O–H groups in total. The van der Waals surface area contributed by atoms with Crippen LogP contribution in [-0.4, -0.2) is 16.2 Å². The molecule has 0 amide bonds. The molecule has 20 heavy (non-hydrogen) atoms. The third-order valence-electron chi connectivity index (χ3n) is 3.00. The van der Waals surface area contributed by atoms with E-state index in [1.807, 2.05) is 43.3 Å². The van der Waals surface area contributed by atoms with Gasteiger partial charge in [-0.05, 0) is 37.3 Å². The molecule has 0 bridgehead atoms.